The van der Waals surface area contributed by atoms with Crippen LogP contribution in [0.4, 0.5) is 0 Å². The number of rotatable bonds is 3. The minimum absolute atomic E-state index is 0.188. The van der Waals surface area contributed by atoms with E-state index in [1.807, 2.05) is 30.0 Å². The Morgan fingerprint density at radius 1 is 1.07 bits per heavy atom. The van der Waals surface area contributed by atoms with Gasteiger partial charge >= 0.3 is 0 Å². The highest BCUT2D eigenvalue weighted by Gasteiger charge is 2.29. The highest BCUT2D eigenvalue weighted by atomic mass is 16.6. The third-order valence-corrected chi connectivity index (χ3v) is 6.59. The number of nitrogens with zero attached hydrogens (tertiary/aromatic N) is 1. The van der Waals surface area contributed by atoms with Gasteiger partial charge in [0.05, 0.1) is 5.92 Å². The van der Waals surface area contributed by atoms with Crippen LogP contribution in [0.25, 0.3) is 10.9 Å². The Morgan fingerprint density at radius 3 is 2.60 bits per heavy atom. The zero-order valence-electron chi connectivity index (χ0n) is 17.6. The fraction of sp³-hybridized carbons (Fsp3) is 0.400. The first-order chi connectivity index (χ1) is 14.6. The van der Waals surface area contributed by atoms with Crippen LogP contribution in [0.1, 0.15) is 48.4 Å². The molecular formula is C25H28N2O3. The molecule has 1 N–H and O–H groups in total. The maximum Gasteiger partial charge on any atom is 0.229 e. The van der Waals surface area contributed by atoms with Crippen molar-refractivity contribution < 1.29 is 14.3 Å². The topological polar surface area (TPSA) is 54.6 Å². The number of aromatic amines is 1. The zero-order valence-corrected chi connectivity index (χ0v) is 17.6. The van der Waals surface area contributed by atoms with Crippen molar-refractivity contribution in [2.45, 2.75) is 38.5 Å². The number of benzene rings is 2. The largest absolute Gasteiger partial charge is 0.486 e. The standard InChI is InChI=1S/C25H28N2O3/c1-16(19-7-8-22-23(15-19)30-14-13-29-22)25(28)27-11-9-18(10-12-27)24-17(2)26-21-6-4-3-5-20(21)24/h3-8,15-16,18,26H,9-14H2,1-2H3. The van der Waals surface area contributed by atoms with E-state index in [9.17, 15) is 4.79 Å². The Kier molecular flexibility index (Phi) is 4.89. The van der Waals surface area contributed by atoms with E-state index in [1.165, 1.54) is 22.2 Å². The van der Waals surface area contributed by atoms with Gasteiger partial charge in [0.25, 0.3) is 0 Å². The van der Waals surface area contributed by atoms with Crippen molar-refractivity contribution in [1.29, 1.82) is 0 Å². The van der Waals surface area contributed by atoms with E-state index >= 15 is 0 Å². The molecule has 1 amide bonds. The van der Waals surface area contributed by atoms with Crippen molar-refractivity contribution in [1.82, 2.24) is 9.88 Å². The summed E-state index contributed by atoms with van der Waals surface area (Å²) in [7, 11) is 0. The van der Waals surface area contributed by atoms with Gasteiger partial charge in [-0.2, -0.15) is 0 Å². The molecule has 0 spiro atoms. The number of H-pyrrole nitrogens is 1. The van der Waals surface area contributed by atoms with E-state index < -0.39 is 0 Å². The molecule has 3 heterocycles. The molecule has 1 fully saturated rings. The first kappa shape index (κ1) is 19.0. The molecule has 3 aromatic rings. The van der Waals surface area contributed by atoms with Crippen LogP contribution in [-0.4, -0.2) is 42.1 Å². The summed E-state index contributed by atoms with van der Waals surface area (Å²) in [6.07, 6.45) is 2.00. The summed E-state index contributed by atoms with van der Waals surface area (Å²) in [6.45, 7) is 6.89. The second kappa shape index (κ2) is 7.71. The van der Waals surface area contributed by atoms with Crippen LogP contribution in [0.2, 0.25) is 0 Å². The molecule has 0 bridgehead atoms. The van der Waals surface area contributed by atoms with Gasteiger partial charge in [0.15, 0.2) is 11.5 Å². The fourth-order valence-corrected chi connectivity index (χ4v) is 4.96. The van der Waals surface area contributed by atoms with Gasteiger partial charge < -0.3 is 19.4 Å². The van der Waals surface area contributed by atoms with E-state index in [1.54, 1.807) is 0 Å². The SMILES string of the molecule is Cc1[nH]c2ccccc2c1C1CCN(C(=O)C(C)c2ccc3c(c2)OCCO3)CC1. The van der Waals surface area contributed by atoms with E-state index in [0.717, 1.165) is 43.0 Å². The highest BCUT2D eigenvalue weighted by Crippen LogP contribution is 2.37. The number of aromatic nitrogens is 1. The lowest BCUT2D eigenvalue weighted by atomic mass is 9.87. The molecule has 0 radical (unpaired) electrons. The van der Waals surface area contributed by atoms with Gasteiger partial charge in [-0.05, 0) is 61.9 Å². The number of amides is 1. The number of nitrogens with one attached hydrogen (secondary N) is 1. The van der Waals surface area contributed by atoms with Crippen molar-refractivity contribution in [3.05, 3.63) is 59.3 Å². The Hall–Kier alpha value is -2.95. The number of hydrogen-bond donors (Lipinski definition) is 1. The Bertz CT molecular complexity index is 1080. The number of carbonyl (C=O) groups excluding carboxylic acids is 1. The van der Waals surface area contributed by atoms with Crippen LogP contribution in [0, 0.1) is 6.92 Å². The molecule has 2 aliphatic heterocycles. The number of aryl methyl sites for hydroxylation is 1. The van der Waals surface area contributed by atoms with Gasteiger partial charge in [-0.25, -0.2) is 0 Å². The van der Waals surface area contributed by atoms with Crippen molar-refractivity contribution >= 4 is 16.8 Å². The van der Waals surface area contributed by atoms with E-state index in [2.05, 4.69) is 36.2 Å². The maximum atomic E-state index is 13.2. The van der Waals surface area contributed by atoms with Crippen molar-refractivity contribution in [2.75, 3.05) is 26.3 Å². The molecule has 1 unspecified atom stereocenters. The van der Waals surface area contributed by atoms with Gasteiger partial charge in [-0.15, -0.1) is 0 Å². The van der Waals surface area contributed by atoms with E-state index in [4.69, 9.17) is 9.47 Å². The second-order valence-electron chi connectivity index (χ2n) is 8.43. The quantitative estimate of drug-likeness (QED) is 0.685. The number of hydrogen-bond acceptors (Lipinski definition) is 3. The lowest BCUT2D eigenvalue weighted by Crippen LogP contribution is -2.40. The number of piperidine rings is 1. The van der Waals surface area contributed by atoms with Crippen LogP contribution < -0.4 is 9.47 Å². The van der Waals surface area contributed by atoms with Crippen molar-refractivity contribution in [3.8, 4) is 11.5 Å². The maximum absolute atomic E-state index is 13.2. The normalized spacial score (nSPS) is 17.9. The minimum Gasteiger partial charge on any atom is -0.486 e. The molecule has 30 heavy (non-hydrogen) atoms. The van der Waals surface area contributed by atoms with Crippen LogP contribution in [0.15, 0.2) is 42.5 Å². The Morgan fingerprint density at radius 2 is 1.80 bits per heavy atom. The highest BCUT2D eigenvalue weighted by molar-refractivity contribution is 5.86. The summed E-state index contributed by atoms with van der Waals surface area (Å²) in [4.78, 5) is 18.7. The predicted octanol–water partition coefficient (Wildman–Crippen LogP) is 4.76. The number of carbonyl (C=O) groups is 1. The first-order valence-electron chi connectivity index (χ1n) is 10.9. The molecule has 1 saturated heterocycles. The van der Waals surface area contributed by atoms with Gasteiger partial charge in [-0.3, -0.25) is 4.79 Å². The Labute approximate surface area is 177 Å². The molecule has 2 aromatic carbocycles. The van der Waals surface area contributed by atoms with E-state index in [-0.39, 0.29) is 11.8 Å². The minimum atomic E-state index is -0.188. The average Bonchev–Trinajstić information content (AvgIpc) is 3.13. The van der Waals surface area contributed by atoms with Crippen LogP contribution in [-0.2, 0) is 4.79 Å². The number of likely N-dealkylation sites (tertiary alicyclic amines) is 1. The molecule has 0 saturated carbocycles. The molecular weight excluding hydrogens is 376 g/mol. The van der Waals surface area contributed by atoms with E-state index in [0.29, 0.717) is 19.1 Å². The van der Waals surface area contributed by atoms with Gasteiger partial charge in [0, 0.05) is 29.7 Å². The van der Waals surface area contributed by atoms with Crippen LogP contribution in [0.3, 0.4) is 0 Å². The fourth-order valence-electron chi connectivity index (χ4n) is 4.96. The molecule has 2 aliphatic rings. The van der Waals surface area contributed by atoms with Crippen LogP contribution >= 0.6 is 0 Å². The van der Waals surface area contributed by atoms with Crippen molar-refractivity contribution in [3.63, 3.8) is 0 Å². The Balaban J connectivity index is 1.28. The molecule has 156 valence electrons. The van der Waals surface area contributed by atoms with Gasteiger partial charge in [0.1, 0.15) is 13.2 Å². The molecule has 5 nitrogen and oxygen atoms in total. The molecule has 1 aromatic heterocycles. The summed E-state index contributed by atoms with van der Waals surface area (Å²) in [5, 5.41) is 1.32. The summed E-state index contributed by atoms with van der Waals surface area (Å²) < 4.78 is 11.3. The summed E-state index contributed by atoms with van der Waals surface area (Å²) in [5.41, 5.74) is 4.87. The van der Waals surface area contributed by atoms with Crippen molar-refractivity contribution in [2.24, 2.45) is 0 Å². The molecule has 1 atom stereocenters. The lowest BCUT2D eigenvalue weighted by molar-refractivity contribution is -0.133. The summed E-state index contributed by atoms with van der Waals surface area (Å²) in [5.74, 6) is 2.01. The lowest BCUT2D eigenvalue weighted by Gasteiger charge is -2.34. The molecule has 0 aliphatic carbocycles. The smallest absolute Gasteiger partial charge is 0.229 e. The number of para-hydroxylation sites is 1. The summed E-state index contributed by atoms with van der Waals surface area (Å²) in [6, 6.07) is 14.4. The predicted molar refractivity (Wildman–Crippen MR) is 117 cm³/mol. The molecule has 5 rings (SSSR count). The third kappa shape index (κ3) is 3.32. The van der Waals surface area contributed by atoms with Gasteiger partial charge in [0.2, 0.25) is 5.91 Å². The second-order valence-corrected chi connectivity index (χ2v) is 8.43. The average molecular weight is 405 g/mol. The monoisotopic (exact) mass is 404 g/mol. The zero-order chi connectivity index (χ0) is 20.7. The number of fused-ring (bicyclic) bond motifs is 2. The molecule has 5 heteroatoms. The third-order valence-electron chi connectivity index (χ3n) is 6.59. The number of ether oxygens (including phenoxy) is 2. The summed E-state index contributed by atoms with van der Waals surface area (Å²) >= 11 is 0. The van der Waals surface area contributed by atoms with Gasteiger partial charge in [-0.1, -0.05) is 24.3 Å². The first-order valence-corrected chi connectivity index (χ1v) is 10.9. The van der Waals surface area contributed by atoms with Crippen LogP contribution in [0.5, 0.6) is 11.5 Å².